The number of aromatic nitrogens is 2. The lowest BCUT2D eigenvalue weighted by Crippen LogP contribution is -2.22. The second-order valence-electron chi connectivity index (χ2n) is 5.56. The summed E-state index contributed by atoms with van der Waals surface area (Å²) in [6.07, 6.45) is 4.68. The number of nitrogens with zero attached hydrogens (tertiary/aromatic N) is 2. The van der Waals surface area contributed by atoms with Crippen molar-refractivity contribution in [3.63, 3.8) is 0 Å². The summed E-state index contributed by atoms with van der Waals surface area (Å²) in [4.78, 5) is 20.5. The van der Waals surface area contributed by atoms with E-state index in [-0.39, 0.29) is 11.8 Å². The highest BCUT2D eigenvalue weighted by Gasteiger charge is 2.29. The monoisotopic (exact) mass is 333 g/mol. The number of carbonyl (C=O) groups excluding carboxylic acids is 1. The van der Waals surface area contributed by atoms with Crippen molar-refractivity contribution >= 4 is 11.6 Å². The Kier molecular flexibility index (Phi) is 4.00. The van der Waals surface area contributed by atoms with Gasteiger partial charge in [-0.2, -0.15) is 0 Å². The van der Waals surface area contributed by atoms with E-state index in [2.05, 4.69) is 15.3 Å². The van der Waals surface area contributed by atoms with Crippen LogP contribution in [0.2, 0.25) is 0 Å². The lowest BCUT2D eigenvalue weighted by atomic mass is 10.0. The average Bonchev–Trinajstić information content (AvgIpc) is 3.08. The molecule has 25 heavy (non-hydrogen) atoms. The Labute approximate surface area is 144 Å². The van der Waals surface area contributed by atoms with Crippen LogP contribution in [0.4, 0.5) is 5.69 Å². The Morgan fingerprint density at radius 3 is 2.76 bits per heavy atom. The van der Waals surface area contributed by atoms with Gasteiger partial charge in [-0.3, -0.25) is 9.78 Å². The van der Waals surface area contributed by atoms with E-state index in [1.165, 1.54) is 6.20 Å². The first-order valence-corrected chi connectivity index (χ1v) is 7.86. The van der Waals surface area contributed by atoms with Gasteiger partial charge in [0.25, 0.3) is 0 Å². The normalized spacial score (nSPS) is 15.1. The highest BCUT2D eigenvalue weighted by Crippen LogP contribution is 2.34. The van der Waals surface area contributed by atoms with Crippen LogP contribution in [0.3, 0.4) is 0 Å². The summed E-state index contributed by atoms with van der Waals surface area (Å²) in [5, 5.41) is 2.91. The summed E-state index contributed by atoms with van der Waals surface area (Å²) in [6.45, 7) is 0.360. The SMILES string of the molecule is O=C(Nc1ccc(Oc2cnccn2)cc1)C1COc2ccccc21. The molecule has 1 aliphatic heterocycles. The first-order valence-electron chi connectivity index (χ1n) is 7.86. The fourth-order valence-corrected chi connectivity index (χ4v) is 2.67. The Morgan fingerprint density at radius 2 is 1.96 bits per heavy atom. The third kappa shape index (κ3) is 3.28. The van der Waals surface area contributed by atoms with Crippen LogP contribution in [-0.2, 0) is 4.79 Å². The smallest absolute Gasteiger partial charge is 0.237 e. The number of hydrogen-bond donors (Lipinski definition) is 1. The maximum absolute atomic E-state index is 12.5. The van der Waals surface area contributed by atoms with Gasteiger partial charge in [0.05, 0.1) is 6.20 Å². The van der Waals surface area contributed by atoms with Gasteiger partial charge in [-0.15, -0.1) is 0 Å². The first-order chi connectivity index (χ1) is 12.3. The predicted octanol–water partition coefficient (Wildman–Crippen LogP) is 3.38. The van der Waals surface area contributed by atoms with Gasteiger partial charge < -0.3 is 14.8 Å². The van der Waals surface area contributed by atoms with Gasteiger partial charge in [0.1, 0.15) is 24.0 Å². The van der Waals surface area contributed by atoms with E-state index in [4.69, 9.17) is 9.47 Å². The van der Waals surface area contributed by atoms with Crippen LogP contribution in [-0.4, -0.2) is 22.5 Å². The molecular formula is C19H15N3O3. The van der Waals surface area contributed by atoms with Crippen LogP contribution in [0.15, 0.2) is 67.1 Å². The standard InChI is InChI=1S/C19H15N3O3/c23-19(16-12-24-17-4-2-1-3-15(16)17)22-13-5-7-14(8-6-13)25-18-11-20-9-10-21-18/h1-11,16H,12H2,(H,22,23). The fourth-order valence-electron chi connectivity index (χ4n) is 2.67. The summed E-state index contributed by atoms with van der Waals surface area (Å²) < 4.78 is 11.1. The van der Waals surface area contributed by atoms with Crippen molar-refractivity contribution in [1.82, 2.24) is 9.97 Å². The van der Waals surface area contributed by atoms with Gasteiger partial charge in [-0.1, -0.05) is 18.2 Å². The summed E-state index contributed by atoms with van der Waals surface area (Å²) in [5.41, 5.74) is 1.61. The van der Waals surface area contributed by atoms with Crippen LogP contribution in [0, 0.1) is 0 Å². The lowest BCUT2D eigenvalue weighted by Gasteiger charge is -2.11. The topological polar surface area (TPSA) is 73.3 Å². The number of nitrogens with one attached hydrogen (secondary N) is 1. The number of para-hydroxylation sites is 1. The highest BCUT2D eigenvalue weighted by molar-refractivity contribution is 5.96. The van der Waals surface area contributed by atoms with Gasteiger partial charge in [0.2, 0.25) is 11.8 Å². The molecule has 1 aliphatic rings. The fraction of sp³-hybridized carbons (Fsp3) is 0.105. The number of amides is 1. The molecule has 2 aromatic carbocycles. The molecule has 0 radical (unpaired) electrons. The number of hydrogen-bond acceptors (Lipinski definition) is 5. The van der Waals surface area contributed by atoms with Crippen LogP contribution in [0.1, 0.15) is 11.5 Å². The van der Waals surface area contributed by atoms with E-state index in [1.807, 2.05) is 24.3 Å². The van der Waals surface area contributed by atoms with Crippen LogP contribution in [0.25, 0.3) is 0 Å². The molecule has 0 saturated heterocycles. The number of benzene rings is 2. The minimum atomic E-state index is -0.299. The van der Waals surface area contributed by atoms with Crippen LogP contribution in [0.5, 0.6) is 17.4 Å². The van der Waals surface area contributed by atoms with E-state index in [0.717, 1.165) is 11.3 Å². The van der Waals surface area contributed by atoms with E-state index in [9.17, 15) is 4.79 Å². The first kappa shape index (κ1) is 15.1. The molecule has 1 unspecified atom stereocenters. The molecule has 0 bridgehead atoms. The van der Waals surface area contributed by atoms with E-state index in [1.54, 1.807) is 36.7 Å². The molecule has 1 N–H and O–H groups in total. The van der Waals surface area contributed by atoms with Crippen molar-refractivity contribution < 1.29 is 14.3 Å². The molecule has 4 rings (SSSR count). The second kappa shape index (κ2) is 6.60. The molecule has 6 heteroatoms. The van der Waals surface area contributed by atoms with Crippen molar-refractivity contribution in [2.45, 2.75) is 5.92 Å². The Bertz CT molecular complexity index is 882. The zero-order valence-electron chi connectivity index (χ0n) is 13.3. The van der Waals surface area contributed by atoms with Gasteiger partial charge in [-0.25, -0.2) is 4.98 Å². The van der Waals surface area contributed by atoms with Crippen molar-refractivity contribution in [2.75, 3.05) is 11.9 Å². The zero-order chi connectivity index (χ0) is 17.1. The summed E-state index contributed by atoms with van der Waals surface area (Å²) in [7, 11) is 0. The van der Waals surface area contributed by atoms with E-state index in [0.29, 0.717) is 23.9 Å². The largest absolute Gasteiger partial charge is 0.492 e. The van der Waals surface area contributed by atoms with Gasteiger partial charge in [0.15, 0.2) is 0 Å². The number of fused-ring (bicyclic) bond motifs is 1. The lowest BCUT2D eigenvalue weighted by molar-refractivity contribution is -0.117. The predicted molar refractivity (Wildman–Crippen MR) is 91.9 cm³/mol. The maximum Gasteiger partial charge on any atom is 0.237 e. The van der Waals surface area contributed by atoms with Crippen molar-refractivity contribution in [3.8, 4) is 17.4 Å². The Balaban J connectivity index is 1.42. The molecule has 6 nitrogen and oxygen atoms in total. The molecule has 3 aromatic rings. The molecule has 1 amide bonds. The molecule has 0 spiro atoms. The minimum absolute atomic E-state index is 0.0902. The van der Waals surface area contributed by atoms with Crippen molar-refractivity contribution in [1.29, 1.82) is 0 Å². The minimum Gasteiger partial charge on any atom is -0.492 e. The van der Waals surface area contributed by atoms with E-state index >= 15 is 0 Å². The molecule has 0 aliphatic carbocycles. The van der Waals surface area contributed by atoms with Gasteiger partial charge in [-0.05, 0) is 30.3 Å². The highest BCUT2D eigenvalue weighted by atomic mass is 16.5. The second-order valence-corrected chi connectivity index (χ2v) is 5.56. The molecule has 1 aromatic heterocycles. The zero-order valence-corrected chi connectivity index (χ0v) is 13.3. The third-order valence-electron chi connectivity index (χ3n) is 3.90. The molecule has 2 heterocycles. The molecule has 1 atom stereocenters. The summed E-state index contributed by atoms with van der Waals surface area (Å²) >= 11 is 0. The van der Waals surface area contributed by atoms with Crippen molar-refractivity contribution in [2.24, 2.45) is 0 Å². The third-order valence-corrected chi connectivity index (χ3v) is 3.90. The van der Waals surface area contributed by atoms with Gasteiger partial charge in [0, 0.05) is 23.6 Å². The maximum atomic E-state index is 12.5. The number of anilines is 1. The van der Waals surface area contributed by atoms with Crippen LogP contribution >= 0.6 is 0 Å². The number of ether oxygens (including phenoxy) is 2. The van der Waals surface area contributed by atoms with Crippen LogP contribution < -0.4 is 14.8 Å². The average molecular weight is 333 g/mol. The summed E-state index contributed by atoms with van der Waals surface area (Å²) in [6, 6.07) is 14.7. The van der Waals surface area contributed by atoms with E-state index < -0.39 is 0 Å². The Hall–Kier alpha value is -3.41. The summed E-state index contributed by atoms with van der Waals surface area (Å²) in [5.74, 6) is 1.42. The number of rotatable bonds is 4. The number of carbonyl (C=O) groups is 1. The van der Waals surface area contributed by atoms with Crippen molar-refractivity contribution in [3.05, 3.63) is 72.7 Å². The molecule has 0 fully saturated rings. The van der Waals surface area contributed by atoms with Gasteiger partial charge >= 0.3 is 0 Å². The molecule has 124 valence electrons. The Morgan fingerprint density at radius 1 is 1.12 bits per heavy atom. The molecule has 0 saturated carbocycles. The quantitative estimate of drug-likeness (QED) is 0.792. The molecular weight excluding hydrogens is 318 g/mol.